The second-order valence-corrected chi connectivity index (χ2v) is 4.74. The fraction of sp³-hybridized carbons (Fsp3) is 0.462. The first-order valence-corrected chi connectivity index (χ1v) is 6.59. The highest BCUT2D eigenvalue weighted by atomic mass is 32.1. The minimum atomic E-state index is -0.884. The van der Waals surface area contributed by atoms with Crippen LogP contribution in [0.4, 0.5) is 0 Å². The van der Waals surface area contributed by atoms with Crippen molar-refractivity contribution >= 4 is 23.4 Å². The number of carboxylic acid groups (broad SMARTS) is 1. The lowest BCUT2D eigenvalue weighted by atomic mass is 10.1. The molecule has 0 aliphatic carbocycles. The molecule has 88 valence electrons. The van der Waals surface area contributed by atoms with E-state index in [1.54, 1.807) is 17.4 Å². The summed E-state index contributed by atoms with van der Waals surface area (Å²) in [5, 5.41) is 10.6. The van der Waals surface area contributed by atoms with E-state index in [-0.39, 0.29) is 0 Å². The first kappa shape index (κ1) is 13.0. The molecule has 1 heterocycles. The van der Waals surface area contributed by atoms with Crippen LogP contribution in [0.2, 0.25) is 0 Å². The number of hydrogen-bond acceptors (Lipinski definition) is 2. The molecule has 0 spiro atoms. The summed E-state index contributed by atoms with van der Waals surface area (Å²) in [5.41, 5.74) is 1.28. The lowest BCUT2D eigenvalue weighted by Crippen LogP contribution is -1.88. The molecule has 1 aromatic rings. The SMILES string of the molecule is CCCCCCc1ccsc1C=CC(=O)O. The van der Waals surface area contributed by atoms with Crippen molar-refractivity contribution < 1.29 is 9.90 Å². The third-order valence-electron chi connectivity index (χ3n) is 2.46. The fourth-order valence-electron chi connectivity index (χ4n) is 1.59. The van der Waals surface area contributed by atoms with Crippen molar-refractivity contribution in [1.82, 2.24) is 0 Å². The van der Waals surface area contributed by atoms with E-state index < -0.39 is 5.97 Å². The van der Waals surface area contributed by atoms with Crippen LogP contribution in [0.1, 0.15) is 43.0 Å². The summed E-state index contributed by atoms with van der Waals surface area (Å²) in [6.45, 7) is 2.20. The number of aryl methyl sites for hydroxylation is 1. The van der Waals surface area contributed by atoms with Crippen LogP contribution < -0.4 is 0 Å². The van der Waals surface area contributed by atoms with E-state index in [9.17, 15) is 4.79 Å². The normalized spacial score (nSPS) is 11.1. The summed E-state index contributed by atoms with van der Waals surface area (Å²) < 4.78 is 0. The Balaban J connectivity index is 2.47. The van der Waals surface area contributed by atoms with Gasteiger partial charge in [-0.25, -0.2) is 4.79 Å². The van der Waals surface area contributed by atoms with Gasteiger partial charge < -0.3 is 5.11 Å². The Morgan fingerprint density at radius 3 is 2.94 bits per heavy atom. The predicted molar refractivity (Wildman–Crippen MR) is 68.8 cm³/mol. The molecule has 0 unspecified atom stereocenters. The molecule has 0 bridgehead atoms. The van der Waals surface area contributed by atoms with Gasteiger partial charge in [0.15, 0.2) is 0 Å². The van der Waals surface area contributed by atoms with Gasteiger partial charge in [-0.15, -0.1) is 11.3 Å². The third kappa shape index (κ3) is 4.62. The van der Waals surface area contributed by atoms with E-state index in [1.807, 2.05) is 5.38 Å². The van der Waals surface area contributed by atoms with Crippen LogP contribution in [0.3, 0.4) is 0 Å². The smallest absolute Gasteiger partial charge is 0.328 e. The van der Waals surface area contributed by atoms with Crippen molar-refractivity contribution in [3.05, 3.63) is 28.0 Å². The molecule has 0 radical (unpaired) electrons. The van der Waals surface area contributed by atoms with Crippen LogP contribution in [0.15, 0.2) is 17.5 Å². The monoisotopic (exact) mass is 238 g/mol. The second kappa shape index (κ2) is 7.23. The number of unbranched alkanes of at least 4 members (excludes halogenated alkanes) is 3. The van der Waals surface area contributed by atoms with Crippen molar-refractivity contribution in [2.75, 3.05) is 0 Å². The van der Waals surface area contributed by atoms with Crippen molar-refractivity contribution in [3.8, 4) is 0 Å². The fourth-order valence-corrected chi connectivity index (χ4v) is 2.44. The molecular formula is C13H18O2S. The quantitative estimate of drug-likeness (QED) is 0.576. The topological polar surface area (TPSA) is 37.3 Å². The van der Waals surface area contributed by atoms with Gasteiger partial charge in [-0.2, -0.15) is 0 Å². The molecule has 0 atom stereocenters. The van der Waals surface area contributed by atoms with Crippen LogP contribution in [-0.2, 0) is 11.2 Å². The van der Waals surface area contributed by atoms with Gasteiger partial charge in [0.1, 0.15) is 0 Å². The Labute approximate surface area is 101 Å². The Morgan fingerprint density at radius 2 is 2.25 bits per heavy atom. The zero-order chi connectivity index (χ0) is 11.8. The van der Waals surface area contributed by atoms with E-state index in [0.29, 0.717) is 0 Å². The molecule has 0 saturated heterocycles. The lowest BCUT2D eigenvalue weighted by molar-refractivity contribution is -0.131. The highest BCUT2D eigenvalue weighted by Gasteiger charge is 2.01. The van der Waals surface area contributed by atoms with Crippen molar-refractivity contribution in [2.24, 2.45) is 0 Å². The Morgan fingerprint density at radius 1 is 1.44 bits per heavy atom. The third-order valence-corrected chi connectivity index (χ3v) is 3.38. The van der Waals surface area contributed by atoms with Gasteiger partial charge >= 0.3 is 5.97 Å². The largest absolute Gasteiger partial charge is 0.478 e. The van der Waals surface area contributed by atoms with Crippen molar-refractivity contribution in [2.45, 2.75) is 39.0 Å². The molecule has 0 saturated carbocycles. The van der Waals surface area contributed by atoms with Crippen molar-refractivity contribution in [1.29, 1.82) is 0 Å². The van der Waals surface area contributed by atoms with Gasteiger partial charge in [-0.1, -0.05) is 26.2 Å². The number of carbonyl (C=O) groups is 1. The summed E-state index contributed by atoms with van der Waals surface area (Å²) in [6.07, 6.45) is 8.94. The summed E-state index contributed by atoms with van der Waals surface area (Å²) in [5.74, 6) is -0.884. The molecule has 0 fully saturated rings. The molecule has 0 aliphatic heterocycles. The molecule has 3 heteroatoms. The minimum Gasteiger partial charge on any atom is -0.478 e. The molecule has 2 nitrogen and oxygen atoms in total. The second-order valence-electron chi connectivity index (χ2n) is 3.79. The number of carboxylic acids is 1. The average Bonchev–Trinajstić information content (AvgIpc) is 2.69. The maximum absolute atomic E-state index is 10.4. The van der Waals surface area contributed by atoms with Crippen LogP contribution in [0.5, 0.6) is 0 Å². The van der Waals surface area contributed by atoms with E-state index >= 15 is 0 Å². The standard InChI is InChI=1S/C13H18O2S/c1-2-3-4-5-6-11-9-10-16-12(11)7-8-13(14)15/h7-10H,2-6H2,1H3,(H,14,15). The number of thiophene rings is 1. The summed E-state index contributed by atoms with van der Waals surface area (Å²) in [4.78, 5) is 11.5. The van der Waals surface area contributed by atoms with E-state index in [0.717, 1.165) is 11.3 Å². The van der Waals surface area contributed by atoms with Crippen LogP contribution in [-0.4, -0.2) is 11.1 Å². The Kier molecular flexibility index (Phi) is 5.86. The van der Waals surface area contributed by atoms with Gasteiger partial charge in [0, 0.05) is 11.0 Å². The molecule has 1 aromatic heterocycles. The van der Waals surface area contributed by atoms with Crippen LogP contribution >= 0.6 is 11.3 Å². The van der Waals surface area contributed by atoms with Gasteiger partial charge in [0.2, 0.25) is 0 Å². The summed E-state index contributed by atoms with van der Waals surface area (Å²) >= 11 is 1.61. The lowest BCUT2D eigenvalue weighted by Gasteiger charge is -1.99. The molecule has 1 N–H and O–H groups in total. The molecule has 0 amide bonds. The van der Waals surface area contributed by atoms with Gasteiger partial charge in [0.05, 0.1) is 0 Å². The highest BCUT2D eigenvalue weighted by molar-refractivity contribution is 7.11. The number of rotatable bonds is 7. The molecule has 0 aliphatic rings. The van der Waals surface area contributed by atoms with E-state index in [1.165, 1.54) is 37.3 Å². The number of aliphatic carboxylic acids is 1. The van der Waals surface area contributed by atoms with Gasteiger partial charge in [-0.05, 0) is 35.9 Å². The zero-order valence-corrected chi connectivity index (χ0v) is 10.4. The molecular weight excluding hydrogens is 220 g/mol. The minimum absolute atomic E-state index is 0.884. The predicted octanol–water partition coefficient (Wildman–Crippen LogP) is 3.97. The van der Waals surface area contributed by atoms with Crippen molar-refractivity contribution in [3.63, 3.8) is 0 Å². The first-order chi connectivity index (χ1) is 7.74. The van der Waals surface area contributed by atoms with Gasteiger partial charge in [0.25, 0.3) is 0 Å². The van der Waals surface area contributed by atoms with E-state index in [2.05, 4.69) is 13.0 Å². The Hall–Kier alpha value is -1.09. The number of hydrogen-bond donors (Lipinski definition) is 1. The zero-order valence-electron chi connectivity index (χ0n) is 9.61. The maximum atomic E-state index is 10.4. The maximum Gasteiger partial charge on any atom is 0.328 e. The summed E-state index contributed by atoms with van der Waals surface area (Å²) in [6, 6.07) is 2.10. The summed E-state index contributed by atoms with van der Waals surface area (Å²) in [7, 11) is 0. The van der Waals surface area contributed by atoms with Crippen LogP contribution in [0, 0.1) is 0 Å². The average molecular weight is 238 g/mol. The van der Waals surface area contributed by atoms with Crippen LogP contribution in [0.25, 0.3) is 6.08 Å². The van der Waals surface area contributed by atoms with Gasteiger partial charge in [-0.3, -0.25) is 0 Å². The highest BCUT2D eigenvalue weighted by Crippen LogP contribution is 2.20. The molecule has 1 rings (SSSR count). The molecule has 0 aromatic carbocycles. The first-order valence-electron chi connectivity index (χ1n) is 5.71. The Bertz CT molecular complexity index is 353. The molecule has 16 heavy (non-hydrogen) atoms. The van der Waals surface area contributed by atoms with E-state index in [4.69, 9.17) is 5.11 Å².